The van der Waals surface area contributed by atoms with Crippen molar-refractivity contribution in [3.63, 3.8) is 0 Å². The first kappa shape index (κ1) is 21.0. The van der Waals surface area contributed by atoms with Gasteiger partial charge in [-0.2, -0.15) is 0 Å². The predicted octanol–water partition coefficient (Wildman–Crippen LogP) is 4.44. The van der Waals surface area contributed by atoms with Crippen LogP contribution in [0.1, 0.15) is 26.8 Å². The minimum atomic E-state index is -0.163. The molecule has 162 valence electrons. The number of hydrogen-bond donors (Lipinski definition) is 1. The Balaban J connectivity index is 1.51. The Morgan fingerprint density at radius 3 is 2.62 bits per heavy atom. The summed E-state index contributed by atoms with van der Waals surface area (Å²) in [6, 6.07) is 10.2. The van der Waals surface area contributed by atoms with Crippen molar-refractivity contribution in [3.05, 3.63) is 57.2 Å². The summed E-state index contributed by atoms with van der Waals surface area (Å²) < 4.78 is 1.99. The molecular formula is C21H19N7OS3. The summed E-state index contributed by atoms with van der Waals surface area (Å²) in [5.41, 5.74) is 3.10. The summed E-state index contributed by atoms with van der Waals surface area (Å²) >= 11 is 4.35. The molecule has 0 fully saturated rings. The van der Waals surface area contributed by atoms with Gasteiger partial charge in [-0.25, -0.2) is 4.98 Å². The highest BCUT2D eigenvalue weighted by Gasteiger charge is 2.20. The van der Waals surface area contributed by atoms with Crippen molar-refractivity contribution in [3.8, 4) is 0 Å². The first-order valence-electron chi connectivity index (χ1n) is 9.90. The van der Waals surface area contributed by atoms with Crippen LogP contribution >= 0.6 is 34.4 Å². The molecule has 1 amide bonds. The molecule has 32 heavy (non-hydrogen) atoms. The average molecular weight is 482 g/mol. The number of thiophene rings is 1. The van der Waals surface area contributed by atoms with E-state index in [-0.39, 0.29) is 11.7 Å². The molecule has 0 spiro atoms. The molecule has 1 aromatic carbocycles. The van der Waals surface area contributed by atoms with E-state index in [2.05, 4.69) is 51.7 Å². The molecule has 0 unspecified atom stereocenters. The van der Waals surface area contributed by atoms with E-state index in [1.165, 1.54) is 33.5 Å². The predicted molar refractivity (Wildman–Crippen MR) is 129 cm³/mol. The number of fused-ring (bicyclic) bond motifs is 3. The van der Waals surface area contributed by atoms with Crippen molar-refractivity contribution in [2.45, 2.75) is 32.3 Å². The van der Waals surface area contributed by atoms with Crippen LogP contribution in [-0.2, 0) is 11.2 Å². The molecule has 5 rings (SSSR count). The second-order valence-corrected chi connectivity index (χ2v) is 10.6. The Hall–Kier alpha value is -2.89. The maximum Gasteiger partial charge on any atom is 0.236 e. The smallest absolute Gasteiger partial charge is 0.236 e. The third-order valence-electron chi connectivity index (χ3n) is 5.02. The fourth-order valence-corrected chi connectivity index (χ4v) is 5.81. The number of amides is 1. The van der Waals surface area contributed by atoms with E-state index in [4.69, 9.17) is 4.98 Å². The molecule has 0 aliphatic rings. The molecular weight excluding hydrogens is 462 g/mol. The van der Waals surface area contributed by atoms with E-state index in [9.17, 15) is 4.79 Å². The average Bonchev–Trinajstić information content (AvgIpc) is 3.45. The van der Waals surface area contributed by atoms with Crippen LogP contribution in [0.5, 0.6) is 0 Å². The van der Waals surface area contributed by atoms with E-state index in [1.807, 2.05) is 29.5 Å². The minimum absolute atomic E-state index is 0.163. The van der Waals surface area contributed by atoms with E-state index >= 15 is 0 Å². The van der Waals surface area contributed by atoms with E-state index < -0.39 is 0 Å². The minimum Gasteiger partial charge on any atom is -0.300 e. The lowest BCUT2D eigenvalue weighted by atomic mass is 10.1. The molecule has 0 saturated carbocycles. The van der Waals surface area contributed by atoms with Gasteiger partial charge in [-0.1, -0.05) is 53.4 Å². The van der Waals surface area contributed by atoms with Crippen LogP contribution in [0.3, 0.4) is 0 Å². The Morgan fingerprint density at radius 1 is 1.06 bits per heavy atom. The highest BCUT2D eigenvalue weighted by molar-refractivity contribution is 7.99. The lowest BCUT2D eigenvalue weighted by molar-refractivity contribution is -0.113. The van der Waals surface area contributed by atoms with Crippen molar-refractivity contribution in [1.82, 2.24) is 29.8 Å². The summed E-state index contributed by atoms with van der Waals surface area (Å²) in [6.45, 7) is 6.03. The van der Waals surface area contributed by atoms with Gasteiger partial charge in [-0.05, 0) is 31.9 Å². The second-order valence-electron chi connectivity index (χ2n) is 7.26. The number of anilines is 1. The topological polar surface area (TPSA) is 98.0 Å². The molecule has 8 nitrogen and oxygen atoms in total. The van der Waals surface area contributed by atoms with E-state index in [0.29, 0.717) is 16.7 Å². The molecule has 0 radical (unpaired) electrons. The van der Waals surface area contributed by atoms with Crippen molar-refractivity contribution < 1.29 is 4.79 Å². The first-order chi connectivity index (χ1) is 15.5. The number of carbonyl (C=O) groups excluding carboxylic acids is 1. The Kier molecular flexibility index (Phi) is 5.62. The van der Waals surface area contributed by atoms with Gasteiger partial charge < -0.3 is 0 Å². The standard InChI is InChI=1S/C21H19N7OS3/c1-11-12(2)31-19-17(11)18-25-27-21(30-10-16(29)23-20-26-24-13(3)32-20)28(18)15(22-19)9-14-7-5-4-6-8-14/h4-8H,9-10H2,1-3H3,(H,23,26,29). The zero-order valence-electron chi connectivity index (χ0n) is 17.6. The second kappa shape index (κ2) is 8.57. The number of rotatable bonds is 6. The molecule has 11 heteroatoms. The molecule has 1 N–H and O–H groups in total. The molecule has 4 aromatic heterocycles. The van der Waals surface area contributed by atoms with Crippen molar-refractivity contribution in [1.29, 1.82) is 0 Å². The Morgan fingerprint density at radius 2 is 1.88 bits per heavy atom. The molecule has 0 aliphatic heterocycles. The van der Waals surface area contributed by atoms with Gasteiger partial charge in [0.15, 0.2) is 10.8 Å². The Labute approximate surface area is 196 Å². The number of benzene rings is 1. The van der Waals surface area contributed by atoms with E-state index in [0.717, 1.165) is 32.3 Å². The summed E-state index contributed by atoms with van der Waals surface area (Å²) in [5, 5.41) is 22.5. The lowest BCUT2D eigenvalue weighted by Crippen LogP contribution is -2.14. The SMILES string of the molecule is Cc1nnc(NC(=O)CSc2nnc3c4c(C)c(C)sc4nc(Cc4ccccc4)n23)s1. The maximum atomic E-state index is 12.4. The molecule has 5 aromatic rings. The normalized spacial score (nSPS) is 11.5. The van der Waals surface area contributed by atoms with Crippen LogP contribution < -0.4 is 5.32 Å². The number of hydrogen-bond acceptors (Lipinski definition) is 9. The van der Waals surface area contributed by atoms with Gasteiger partial charge in [0, 0.05) is 11.3 Å². The highest BCUT2D eigenvalue weighted by atomic mass is 32.2. The van der Waals surface area contributed by atoms with Gasteiger partial charge in [0.1, 0.15) is 15.7 Å². The van der Waals surface area contributed by atoms with Gasteiger partial charge >= 0.3 is 0 Å². The third-order valence-corrected chi connectivity index (χ3v) is 7.81. The molecule has 0 bridgehead atoms. The zero-order chi connectivity index (χ0) is 22.2. The monoisotopic (exact) mass is 481 g/mol. The summed E-state index contributed by atoms with van der Waals surface area (Å²) in [7, 11) is 0. The fraction of sp³-hybridized carbons (Fsp3) is 0.238. The highest BCUT2D eigenvalue weighted by Crippen LogP contribution is 2.34. The largest absolute Gasteiger partial charge is 0.300 e. The van der Waals surface area contributed by atoms with Crippen LogP contribution in [0.15, 0.2) is 35.5 Å². The number of nitrogens with one attached hydrogen (secondary N) is 1. The van der Waals surface area contributed by atoms with Crippen LogP contribution in [0, 0.1) is 20.8 Å². The number of thioether (sulfide) groups is 1. The van der Waals surface area contributed by atoms with Crippen LogP contribution in [0.2, 0.25) is 0 Å². The Bertz CT molecular complexity index is 1440. The van der Waals surface area contributed by atoms with Gasteiger partial charge in [0.05, 0.1) is 11.1 Å². The van der Waals surface area contributed by atoms with Gasteiger partial charge in [0.25, 0.3) is 0 Å². The van der Waals surface area contributed by atoms with Crippen molar-refractivity contribution >= 4 is 61.3 Å². The fourth-order valence-electron chi connectivity index (χ4n) is 3.41. The summed E-state index contributed by atoms with van der Waals surface area (Å²) in [6.07, 6.45) is 0.644. The van der Waals surface area contributed by atoms with Crippen molar-refractivity contribution in [2.75, 3.05) is 11.1 Å². The quantitative estimate of drug-likeness (QED) is 0.358. The lowest BCUT2D eigenvalue weighted by Gasteiger charge is -2.08. The van der Waals surface area contributed by atoms with Gasteiger partial charge in [-0.15, -0.1) is 31.7 Å². The third kappa shape index (κ3) is 3.98. The van der Waals surface area contributed by atoms with Crippen molar-refractivity contribution in [2.24, 2.45) is 0 Å². The number of aryl methyl sites for hydroxylation is 3. The molecule has 0 aliphatic carbocycles. The van der Waals surface area contributed by atoms with Crippen LogP contribution in [0.4, 0.5) is 5.13 Å². The molecule has 4 heterocycles. The molecule has 0 atom stereocenters. The zero-order valence-corrected chi connectivity index (χ0v) is 20.1. The first-order valence-corrected chi connectivity index (χ1v) is 12.5. The van der Waals surface area contributed by atoms with Crippen LogP contribution in [-0.4, -0.2) is 41.4 Å². The van der Waals surface area contributed by atoms with Gasteiger partial charge in [0.2, 0.25) is 11.0 Å². The number of nitrogens with zero attached hydrogens (tertiary/aromatic N) is 6. The number of carbonyl (C=O) groups is 1. The summed E-state index contributed by atoms with van der Waals surface area (Å²) in [5.74, 6) is 0.876. The van der Waals surface area contributed by atoms with Crippen LogP contribution in [0.25, 0.3) is 15.9 Å². The van der Waals surface area contributed by atoms with E-state index in [1.54, 1.807) is 11.3 Å². The number of aromatic nitrogens is 6. The van der Waals surface area contributed by atoms with Gasteiger partial charge in [-0.3, -0.25) is 14.5 Å². The summed E-state index contributed by atoms with van der Waals surface area (Å²) in [4.78, 5) is 19.6. The maximum absolute atomic E-state index is 12.4. The molecule has 0 saturated heterocycles.